The first-order chi connectivity index (χ1) is 14.0. The van der Waals surface area contributed by atoms with Crippen LogP contribution in [0.5, 0.6) is 0 Å². The SMILES string of the molecule is O=C(/C=C/c1cccc([N+](=O)[O-])c1)Nc1ccccc1C(=O)NC[C@H]1CCCO1. The Morgan fingerprint density at radius 1 is 1.21 bits per heavy atom. The molecule has 1 aliphatic heterocycles. The third-order valence-corrected chi connectivity index (χ3v) is 4.45. The molecular weight excluding hydrogens is 374 g/mol. The summed E-state index contributed by atoms with van der Waals surface area (Å²) in [5.41, 5.74) is 1.20. The number of rotatable bonds is 7. The number of para-hydroxylation sites is 1. The number of nitrogens with one attached hydrogen (secondary N) is 2. The number of non-ortho nitro benzene ring substituents is 1. The molecule has 2 aromatic rings. The molecular formula is C21H21N3O5. The summed E-state index contributed by atoms with van der Waals surface area (Å²) in [4.78, 5) is 35.1. The second-order valence-electron chi connectivity index (χ2n) is 6.57. The van der Waals surface area contributed by atoms with E-state index in [0.717, 1.165) is 12.8 Å². The molecule has 1 fully saturated rings. The van der Waals surface area contributed by atoms with Gasteiger partial charge in [-0.05, 0) is 36.6 Å². The van der Waals surface area contributed by atoms with Gasteiger partial charge < -0.3 is 15.4 Å². The summed E-state index contributed by atoms with van der Waals surface area (Å²) in [6.45, 7) is 1.14. The van der Waals surface area contributed by atoms with Crippen molar-refractivity contribution in [1.82, 2.24) is 5.32 Å². The average Bonchev–Trinajstić information content (AvgIpc) is 3.25. The lowest BCUT2D eigenvalue weighted by molar-refractivity contribution is -0.384. The van der Waals surface area contributed by atoms with Crippen LogP contribution in [-0.4, -0.2) is 36.0 Å². The molecule has 29 heavy (non-hydrogen) atoms. The number of hydrogen-bond donors (Lipinski definition) is 2. The van der Waals surface area contributed by atoms with Gasteiger partial charge in [-0.1, -0.05) is 24.3 Å². The van der Waals surface area contributed by atoms with Crippen LogP contribution < -0.4 is 10.6 Å². The Hall–Kier alpha value is -3.52. The number of carbonyl (C=O) groups is 2. The number of nitro groups is 1. The zero-order valence-electron chi connectivity index (χ0n) is 15.7. The predicted molar refractivity (Wildman–Crippen MR) is 109 cm³/mol. The van der Waals surface area contributed by atoms with Gasteiger partial charge in [-0.3, -0.25) is 19.7 Å². The van der Waals surface area contributed by atoms with Gasteiger partial charge in [0.05, 0.1) is 22.3 Å². The molecule has 8 nitrogen and oxygen atoms in total. The first-order valence-electron chi connectivity index (χ1n) is 9.25. The molecule has 2 amide bonds. The lowest BCUT2D eigenvalue weighted by Crippen LogP contribution is -2.32. The smallest absolute Gasteiger partial charge is 0.270 e. The summed E-state index contributed by atoms with van der Waals surface area (Å²) < 4.78 is 5.50. The molecule has 2 aromatic carbocycles. The molecule has 1 aliphatic rings. The molecule has 0 spiro atoms. The van der Waals surface area contributed by atoms with Gasteiger partial charge in [0.25, 0.3) is 11.6 Å². The van der Waals surface area contributed by atoms with Crippen molar-refractivity contribution < 1.29 is 19.2 Å². The Morgan fingerprint density at radius 3 is 2.79 bits per heavy atom. The molecule has 150 valence electrons. The Bertz CT molecular complexity index is 935. The molecule has 1 saturated heterocycles. The summed E-state index contributed by atoms with van der Waals surface area (Å²) in [5.74, 6) is -0.741. The minimum Gasteiger partial charge on any atom is -0.376 e. The molecule has 1 heterocycles. The largest absolute Gasteiger partial charge is 0.376 e. The molecule has 8 heteroatoms. The molecule has 0 bridgehead atoms. The van der Waals surface area contributed by atoms with Gasteiger partial charge in [0, 0.05) is 31.4 Å². The predicted octanol–water partition coefficient (Wildman–Crippen LogP) is 3.16. The van der Waals surface area contributed by atoms with Gasteiger partial charge in [0.2, 0.25) is 5.91 Å². The number of nitrogens with zero attached hydrogens (tertiary/aromatic N) is 1. The van der Waals surface area contributed by atoms with E-state index in [1.54, 1.807) is 36.4 Å². The monoisotopic (exact) mass is 395 g/mol. The van der Waals surface area contributed by atoms with Crippen LogP contribution in [0.25, 0.3) is 6.08 Å². The fourth-order valence-electron chi connectivity index (χ4n) is 2.99. The number of carbonyl (C=O) groups excluding carboxylic acids is 2. The molecule has 0 radical (unpaired) electrons. The normalized spacial score (nSPS) is 15.9. The molecule has 2 N–H and O–H groups in total. The first-order valence-corrected chi connectivity index (χ1v) is 9.25. The van der Waals surface area contributed by atoms with E-state index in [1.807, 2.05) is 0 Å². The molecule has 0 aliphatic carbocycles. The van der Waals surface area contributed by atoms with Crippen molar-refractivity contribution in [1.29, 1.82) is 0 Å². The number of ether oxygens (including phenoxy) is 1. The highest BCUT2D eigenvalue weighted by atomic mass is 16.6. The van der Waals surface area contributed by atoms with E-state index in [-0.39, 0.29) is 17.7 Å². The number of hydrogen-bond acceptors (Lipinski definition) is 5. The second kappa shape index (κ2) is 9.61. The maximum absolute atomic E-state index is 12.5. The highest BCUT2D eigenvalue weighted by Gasteiger charge is 2.18. The zero-order chi connectivity index (χ0) is 20.6. The van der Waals surface area contributed by atoms with Crippen LogP contribution in [0.4, 0.5) is 11.4 Å². The summed E-state index contributed by atoms with van der Waals surface area (Å²) >= 11 is 0. The number of amides is 2. The van der Waals surface area contributed by atoms with E-state index in [0.29, 0.717) is 30.0 Å². The topological polar surface area (TPSA) is 111 Å². The molecule has 0 aromatic heterocycles. The van der Waals surface area contributed by atoms with E-state index in [9.17, 15) is 19.7 Å². The Morgan fingerprint density at radius 2 is 2.03 bits per heavy atom. The van der Waals surface area contributed by atoms with Crippen LogP contribution in [0.1, 0.15) is 28.8 Å². The Balaban J connectivity index is 1.63. The van der Waals surface area contributed by atoms with Crippen LogP contribution in [0.3, 0.4) is 0 Å². The number of nitro benzene ring substituents is 1. The second-order valence-corrected chi connectivity index (χ2v) is 6.57. The molecule has 3 rings (SSSR count). The Kier molecular flexibility index (Phi) is 6.70. The zero-order valence-corrected chi connectivity index (χ0v) is 15.7. The Labute approximate surface area is 167 Å². The van der Waals surface area contributed by atoms with E-state index in [1.165, 1.54) is 24.3 Å². The number of anilines is 1. The van der Waals surface area contributed by atoms with E-state index in [2.05, 4.69) is 10.6 Å². The lowest BCUT2D eigenvalue weighted by Gasteiger charge is -2.13. The van der Waals surface area contributed by atoms with Crippen LogP contribution in [0.2, 0.25) is 0 Å². The quantitative estimate of drug-likeness (QED) is 0.425. The fourth-order valence-corrected chi connectivity index (χ4v) is 2.99. The van der Waals surface area contributed by atoms with Gasteiger partial charge in [0.1, 0.15) is 0 Å². The highest BCUT2D eigenvalue weighted by Crippen LogP contribution is 2.17. The molecule has 0 unspecified atom stereocenters. The van der Waals surface area contributed by atoms with Crippen LogP contribution in [0, 0.1) is 10.1 Å². The van der Waals surface area contributed by atoms with Crippen molar-refractivity contribution in [2.75, 3.05) is 18.5 Å². The van der Waals surface area contributed by atoms with Gasteiger partial charge in [-0.25, -0.2) is 0 Å². The van der Waals surface area contributed by atoms with Gasteiger partial charge in [0.15, 0.2) is 0 Å². The molecule has 1 atom stereocenters. The van der Waals surface area contributed by atoms with Crippen LogP contribution >= 0.6 is 0 Å². The van der Waals surface area contributed by atoms with Crippen molar-refractivity contribution in [3.63, 3.8) is 0 Å². The van der Waals surface area contributed by atoms with Crippen molar-refractivity contribution in [3.05, 3.63) is 75.8 Å². The van der Waals surface area contributed by atoms with Crippen molar-refractivity contribution >= 4 is 29.3 Å². The maximum Gasteiger partial charge on any atom is 0.270 e. The van der Waals surface area contributed by atoms with Crippen LogP contribution in [0.15, 0.2) is 54.6 Å². The summed E-state index contributed by atoms with van der Waals surface area (Å²) in [6, 6.07) is 12.7. The average molecular weight is 395 g/mol. The summed E-state index contributed by atoms with van der Waals surface area (Å²) in [5, 5.41) is 16.3. The fraction of sp³-hybridized carbons (Fsp3) is 0.238. The van der Waals surface area contributed by atoms with E-state index >= 15 is 0 Å². The standard InChI is InChI=1S/C21H21N3O5/c25-20(11-10-15-5-3-6-16(13-15)24(27)28)23-19-9-2-1-8-18(19)21(26)22-14-17-7-4-12-29-17/h1-3,5-6,8-11,13,17H,4,7,12,14H2,(H,22,26)(H,23,25)/b11-10+/t17-/m1/s1. The van der Waals surface area contributed by atoms with Crippen molar-refractivity contribution in [2.45, 2.75) is 18.9 Å². The van der Waals surface area contributed by atoms with Gasteiger partial charge >= 0.3 is 0 Å². The maximum atomic E-state index is 12.5. The van der Waals surface area contributed by atoms with Crippen molar-refractivity contribution in [2.24, 2.45) is 0 Å². The van der Waals surface area contributed by atoms with Crippen molar-refractivity contribution in [3.8, 4) is 0 Å². The lowest BCUT2D eigenvalue weighted by atomic mass is 10.1. The third kappa shape index (κ3) is 5.73. The molecule has 0 saturated carbocycles. The number of benzene rings is 2. The highest BCUT2D eigenvalue weighted by molar-refractivity contribution is 6.07. The minimum absolute atomic E-state index is 0.0264. The van der Waals surface area contributed by atoms with Crippen LogP contribution in [-0.2, 0) is 9.53 Å². The first kappa shape index (κ1) is 20.2. The minimum atomic E-state index is -0.497. The van der Waals surface area contributed by atoms with Gasteiger partial charge in [-0.15, -0.1) is 0 Å². The van der Waals surface area contributed by atoms with E-state index < -0.39 is 10.8 Å². The van der Waals surface area contributed by atoms with E-state index in [4.69, 9.17) is 4.74 Å². The van der Waals surface area contributed by atoms with Gasteiger partial charge in [-0.2, -0.15) is 0 Å². The third-order valence-electron chi connectivity index (χ3n) is 4.45. The summed E-state index contributed by atoms with van der Waals surface area (Å²) in [7, 11) is 0. The summed E-state index contributed by atoms with van der Waals surface area (Å²) in [6.07, 6.45) is 4.67.